The number of rotatable bonds is 5. The van der Waals surface area contributed by atoms with E-state index in [9.17, 15) is 35.5 Å². The Bertz CT molecular complexity index is 773. The first-order valence-electron chi connectivity index (χ1n) is 8.27. The van der Waals surface area contributed by atoms with Gasteiger partial charge in [0.25, 0.3) is 0 Å². The minimum Gasteiger partial charge on any atom is -0.356 e. The minimum atomic E-state index is -4.75. The van der Waals surface area contributed by atoms with Crippen molar-refractivity contribution in [2.75, 3.05) is 10.6 Å². The van der Waals surface area contributed by atoms with E-state index in [1.807, 2.05) is 10.6 Å². The van der Waals surface area contributed by atoms with E-state index in [0.717, 1.165) is 13.0 Å². The third-order valence-electron chi connectivity index (χ3n) is 4.04. The highest BCUT2D eigenvalue weighted by Gasteiger charge is 2.38. The molecular weight excluding hydrogens is 397 g/mol. The standard InChI is InChI=1S/C16H17F7N4O/c1-7(15(18,19)20)24-13-11(17)12(9-4-3-5-10(28)6-9)26-14(27-13)25-8(2)16(21,22)23/h6-8H,3-5H2,1-2H3,(H2,24,25,26,27)/t7-,8-/m1/s1. The molecule has 0 bridgehead atoms. The Kier molecular flexibility index (Phi) is 6.19. The Morgan fingerprint density at radius 2 is 1.54 bits per heavy atom. The zero-order chi connectivity index (χ0) is 21.3. The molecule has 0 fully saturated rings. The second-order valence-corrected chi connectivity index (χ2v) is 6.36. The molecule has 156 valence electrons. The first-order chi connectivity index (χ1) is 12.8. The van der Waals surface area contributed by atoms with Crippen LogP contribution in [-0.4, -0.2) is 40.2 Å². The number of ketones is 1. The van der Waals surface area contributed by atoms with Gasteiger partial charge in [-0.05, 0) is 38.3 Å². The highest BCUT2D eigenvalue weighted by molar-refractivity contribution is 5.98. The molecule has 2 rings (SSSR count). The number of nitrogens with zero attached hydrogens (tertiary/aromatic N) is 2. The maximum atomic E-state index is 14.7. The second kappa shape index (κ2) is 7.92. The summed E-state index contributed by atoms with van der Waals surface area (Å²) in [6, 6.07) is -4.36. The summed E-state index contributed by atoms with van der Waals surface area (Å²) in [7, 11) is 0. The van der Waals surface area contributed by atoms with Gasteiger partial charge in [0, 0.05) is 6.42 Å². The lowest BCUT2D eigenvalue weighted by atomic mass is 9.96. The van der Waals surface area contributed by atoms with Crippen molar-refractivity contribution in [1.29, 1.82) is 0 Å². The molecule has 2 N–H and O–H groups in total. The van der Waals surface area contributed by atoms with Crippen LogP contribution in [0.5, 0.6) is 0 Å². The SMILES string of the molecule is C[C@@H](Nc1nc(N[C@H](C)C(F)(F)F)c(F)c(C2=CC(=O)CCC2)n1)C(F)(F)F. The van der Waals surface area contributed by atoms with Crippen molar-refractivity contribution < 1.29 is 35.5 Å². The van der Waals surface area contributed by atoms with Crippen LogP contribution in [0.25, 0.3) is 5.57 Å². The van der Waals surface area contributed by atoms with Gasteiger partial charge in [0.2, 0.25) is 5.95 Å². The molecule has 0 aromatic carbocycles. The van der Waals surface area contributed by atoms with Crippen LogP contribution < -0.4 is 10.6 Å². The van der Waals surface area contributed by atoms with Crippen molar-refractivity contribution in [3.63, 3.8) is 0 Å². The van der Waals surface area contributed by atoms with Crippen LogP contribution in [0.15, 0.2) is 6.08 Å². The lowest BCUT2D eigenvalue weighted by molar-refractivity contribution is -0.139. The number of alkyl halides is 6. The number of nitrogens with one attached hydrogen (secondary N) is 2. The van der Waals surface area contributed by atoms with Gasteiger partial charge in [0.15, 0.2) is 17.4 Å². The molecule has 0 spiro atoms. The summed E-state index contributed by atoms with van der Waals surface area (Å²) in [6.07, 6.45) is -7.58. The van der Waals surface area contributed by atoms with E-state index in [0.29, 0.717) is 13.3 Å². The molecule has 2 atom stereocenters. The highest BCUT2D eigenvalue weighted by Crippen LogP contribution is 2.32. The summed E-state index contributed by atoms with van der Waals surface area (Å²) < 4.78 is 91.4. The van der Waals surface area contributed by atoms with Crippen molar-refractivity contribution in [1.82, 2.24) is 9.97 Å². The van der Waals surface area contributed by atoms with Crippen LogP contribution in [-0.2, 0) is 4.79 Å². The summed E-state index contributed by atoms with van der Waals surface area (Å²) in [4.78, 5) is 18.7. The van der Waals surface area contributed by atoms with E-state index < -0.39 is 47.7 Å². The van der Waals surface area contributed by atoms with E-state index in [1.165, 1.54) is 0 Å². The smallest absolute Gasteiger partial charge is 0.356 e. The first-order valence-corrected chi connectivity index (χ1v) is 8.27. The summed E-state index contributed by atoms with van der Waals surface area (Å²) >= 11 is 0. The van der Waals surface area contributed by atoms with E-state index in [1.54, 1.807) is 0 Å². The quantitative estimate of drug-likeness (QED) is 0.696. The Morgan fingerprint density at radius 3 is 2.07 bits per heavy atom. The number of anilines is 2. The van der Waals surface area contributed by atoms with Crippen LogP contribution in [0.3, 0.4) is 0 Å². The average molecular weight is 414 g/mol. The number of hydrogen-bond donors (Lipinski definition) is 2. The lowest BCUT2D eigenvalue weighted by Crippen LogP contribution is -2.35. The molecule has 1 aromatic rings. The summed E-state index contributed by atoms with van der Waals surface area (Å²) in [5.74, 6) is -3.24. The van der Waals surface area contributed by atoms with Crippen molar-refractivity contribution in [3.05, 3.63) is 17.6 Å². The molecule has 12 heteroatoms. The van der Waals surface area contributed by atoms with Gasteiger partial charge < -0.3 is 10.6 Å². The van der Waals surface area contributed by atoms with E-state index in [4.69, 9.17) is 0 Å². The van der Waals surface area contributed by atoms with Gasteiger partial charge in [-0.3, -0.25) is 4.79 Å². The van der Waals surface area contributed by atoms with Crippen LogP contribution in [0.4, 0.5) is 42.5 Å². The lowest BCUT2D eigenvalue weighted by Gasteiger charge is -2.22. The number of allylic oxidation sites excluding steroid dienone is 2. The highest BCUT2D eigenvalue weighted by atomic mass is 19.4. The van der Waals surface area contributed by atoms with E-state index >= 15 is 0 Å². The minimum absolute atomic E-state index is 0.0848. The van der Waals surface area contributed by atoms with Gasteiger partial charge >= 0.3 is 12.4 Å². The fraction of sp³-hybridized carbons (Fsp3) is 0.562. The van der Waals surface area contributed by atoms with Crippen molar-refractivity contribution in [2.24, 2.45) is 0 Å². The van der Waals surface area contributed by atoms with Gasteiger partial charge in [-0.1, -0.05) is 0 Å². The fourth-order valence-electron chi connectivity index (χ4n) is 2.36. The van der Waals surface area contributed by atoms with Crippen molar-refractivity contribution in [3.8, 4) is 0 Å². The van der Waals surface area contributed by atoms with Crippen LogP contribution >= 0.6 is 0 Å². The molecule has 1 aliphatic rings. The Hall–Kier alpha value is -2.40. The maximum absolute atomic E-state index is 14.7. The van der Waals surface area contributed by atoms with Gasteiger partial charge in [0.1, 0.15) is 17.8 Å². The first kappa shape index (κ1) is 21.9. The molecule has 5 nitrogen and oxygen atoms in total. The normalized spacial score (nSPS) is 17.8. The van der Waals surface area contributed by atoms with Crippen LogP contribution in [0, 0.1) is 5.82 Å². The summed E-state index contributed by atoms with van der Waals surface area (Å²) in [5.41, 5.74) is -0.432. The predicted molar refractivity (Wildman–Crippen MR) is 87.1 cm³/mol. The number of hydrogen-bond acceptors (Lipinski definition) is 5. The zero-order valence-electron chi connectivity index (χ0n) is 14.8. The van der Waals surface area contributed by atoms with Gasteiger partial charge in [-0.2, -0.15) is 31.3 Å². The average Bonchev–Trinajstić information content (AvgIpc) is 2.55. The van der Waals surface area contributed by atoms with Crippen molar-refractivity contribution in [2.45, 2.75) is 57.5 Å². The van der Waals surface area contributed by atoms with Gasteiger partial charge in [-0.25, -0.2) is 9.37 Å². The molecule has 28 heavy (non-hydrogen) atoms. The maximum Gasteiger partial charge on any atom is 0.408 e. The van der Waals surface area contributed by atoms with E-state index in [2.05, 4.69) is 9.97 Å². The molecule has 0 unspecified atom stereocenters. The van der Waals surface area contributed by atoms with Crippen LogP contribution in [0.1, 0.15) is 38.8 Å². The number of carbonyl (C=O) groups is 1. The third kappa shape index (κ3) is 5.32. The number of carbonyl (C=O) groups excluding carboxylic acids is 1. The molecule has 0 aliphatic heterocycles. The molecule has 0 saturated carbocycles. The number of halogens is 7. The molecule has 0 saturated heterocycles. The molecule has 0 amide bonds. The molecular formula is C16H17F7N4O. The Labute approximate surface area is 155 Å². The topological polar surface area (TPSA) is 66.9 Å². The third-order valence-corrected chi connectivity index (χ3v) is 4.04. The van der Waals surface area contributed by atoms with Gasteiger partial charge in [-0.15, -0.1) is 0 Å². The molecule has 0 radical (unpaired) electrons. The summed E-state index contributed by atoms with van der Waals surface area (Å²) in [5, 5.41) is 3.71. The monoisotopic (exact) mass is 414 g/mol. The summed E-state index contributed by atoms with van der Waals surface area (Å²) in [6.45, 7) is 1.46. The number of aromatic nitrogens is 2. The molecule has 1 aromatic heterocycles. The van der Waals surface area contributed by atoms with Gasteiger partial charge in [0.05, 0.1) is 0 Å². The second-order valence-electron chi connectivity index (χ2n) is 6.36. The zero-order valence-corrected chi connectivity index (χ0v) is 14.8. The molecule has 1 heterocycles. The Morgan fingerprint density at radius 1 is 0.964 bits per heavy atom. The largest absolute Gasteiger partial charge is 0.408 e. The van der Waals surface area contributed by atoms with Crippen LogP contribution in [0.2, 0.25) is 0 Å². The Balaban J connectivity index is 2.49. The van der Waals surface area contributed by atoms with Crippen molar-refractivity contribution >= 4 is 23.1 Å². The molecule has 1 aliphatic carbocycles. The van der Waals surface area contributed by atoms with E-state index in [-0.39, 0.29) is 24.2 Å². The fourth-order valence-corrected chi connectivity index (χ4v) is 2.36. The predicted octanol–water partition coefficient (Wildman–Crippen LogP) is 4.48.